The molecule has 0 spiro atoms. The van der Waals surface area contributed by atoms with Gasteiger partial charge in [0.05, 0.1) is 18.3 Å². The largest absolute Gasteiger partial charge is 0.465 e. The zero-order chi connectivity index (χ0) is 16.6. The van der Waals surface area contributed by atoms with Crippen molar-refractivity contribution in [1.29, 1.82) is 0 Å². The number of hydrogen-bond acceptors (Lipinski definition) is 4. The normalized spacial score (nSPS) is 58.8. The monoisotopic (exact) mass is 322 g/mol. The summed E-state index contributed by atoms with van der Waals surface area (Å²) in [7, 11) is 0. The van der Waals surface area contributed by atoms with Gasteiger partial charge >= 0.3 is 5.97 Å². The lowest BCUT2D eigenvalue weighted by Gasteiger charge is -2.60. The van der Waals surface area contributed by atoms with Crippen LogP contribution in [0.4, 0.5) is 0 Å². The molecule has 1 aliphatic heterocycles. The Morgan fingerprint density at radius 3 is 2.61 bits per heavy atom. The SMILES string of the molecule is C[C@]12COC(=O)C[C@@H]1CC[C@@H]1[C@@H]2CC[C@@]2(C)[C@H]1C[C@H](O)[C@]2(C)O. The number of esters is 1. The molecule has 0 aromatic rings. The molecule has 4 nitrogen and oxygen atoms in total. The molecular formula is C19H30O4. The maximum atomic E-state index is 11.7. The van der Waals surface area contributed by atoms with Gasteiger partial charge in [0.2, 0.25) is 0 Å². The Morgan fingerprint density at radius 1 is 1.13 bits per heavy atom. The van der Waals surface area contributed by atoms with E-state index in [0.29, 0.717) is 43.1 Å². The van der Waals surface area contributed by atoms with Crippen LogP contribution in [0.25, 0.3) is 0 Å². The van der Waals surface area contributed by atoms with Crippen molar-refractivity contribution in [1.82, 2.24) is 0 Å². The first kappa shape index (κ1) is 15.9. The van der Waals surface area contributed by atoms with Gasteiger partial charge in [-0.2, -0.15) is 0 Å². The smallest absolute Gasteiger partial charge is 0.306 e. The predicted molar refractivity (Wildman–Crippen MR) is 85.5 cm³/mol. The lowest BCUT2D eigenvalue weighted by Crippen LogP contribution is -2.58. The molecule has 0 amide bonds. The van der Waals surface area contributed by atoms with Crippen molar-refractivity contribution in [2.45, 2.75) is 71.0 Å². The lowest BCUT2D eigenvalue weighted by molar-refractivity contribution is -0.189. The highest BCUT2D eigenvalue weighted by Crippen LogP contribution is 2.67. The topological polar surface area (TPSA) is 66.8 Å². The molecule has 1 saturated heterocycles. The fourth-order valence-electron chi connectivity index (χ4n) is 6.83. The average molecular weight is 322 g/mol. The van der Waals surface area contributed by atoms with E-state index in [2.05, 4.69) is 13.8 Å². The van der Waals surface area contributed by atoms with Crippen LogP contribution in [-0.4, -0.2) is 34.5 Å². The summed E-state index contributed by atoms with van der Waals surface area (Å²) < 4.78 is 5.46. The molecular weight excluding hydrogens is 292 g/mol. The molecule has 2 N–H and O–H groups in total. The van der Waals surface area contributed by atoms with Gasteiger partial charge in [0.15, 0.2) is 0 Å². The van der Waals surface area contributed by atoms with Gasteiger partial charge in [0.1, 0.15) is 0 Å². The van der Waals surface area contributed by atoms with E-state index in [-0.39, 0.29) is 16.8 Å². The van der Waals surface area contributed by atoms with Gasteiger partial charge in [-0.3, -0.25) is 4.79 Å². The maximum absolute atomic E-state index is 11.7. The van der Waals surface area contributed by atoms with Crippen molar-refractivity contribution in [3.05, 3.63) is 0 Å². The molecule has 0 unspecified atom stereocenters. The molecule has 4 heteroatoms. The second-order valence-corrected chi connectivity index (χ2v) is 9.38. The van der Waals surface area contributed by atoms with Crippen molar-refractivity contribution in [3.8, 4) is 0 Å². The molecule has 0 aromatic heterocycles. The molecule has 4 aliphatic rings. The number of aliphatic hydroxyl groups excluding tert-OH is 1. The van der Waals surface area contributed by atoms with Crippen LogP contribution in [0.2, 0.25) is 0 Å². The number of rotatable bonds is 0. The van der Waals surface area contributed by atoms with Crippen LogP contribution >= 0.6 is 0 Å². The number of carbonyl (C=O) groups excluding carboxylic acids is 1. The molecule has 3 saturated carbocycles. The quantitative estimate of drug-likeness (QED) is 0.673. The summed E-state index contributed by atoms with van der Waals surface area (Å²) in [5.41, 5.74) is -1.10. The number of fused-ring (bicyclic) bond motifs is 5. The Balaban J connectivity index is 1.66. The van der Waals surface area contributed by atoms with Crippen LogP contribution in [-0.2, 0) is 9.53 Å². The van der Waals surface area contributed by atoms with Crippen LogP contribution < -0.4 is 0 Å². The molecule has 130 valence electrons. The van der Waals surface area contributed by atoms with E-state index in [9.17, 15) is 15.0 Å². The molecule has 4 fully saturated rings. The van der Waals surface area contributed by atoms with Gasteiger partial charge in [-0.25, -0.2) is 0 Å². The fourth-order valence-corrected chi connectivity index (χ4v) is 6.83. The molecule has 4 rings (SSSR count). The van der Waals surface area contributed by atoms with E-state index in [1.807, 2.05) is 6.92 Å². The summed E-state index contributed by atoms with van der Waals surface area (Å²) in [5, 5.41) is 21.4. The van der Waals surface area contributed by atoms with E-state index >= 15 is 0 Å². The highest BCUT2D eigenvalue weighted by atomic mass is 16.5. The first-order valence-corrected chi connectivity index (χ1v) is 9.26. The Hall–Kier alpha value is -0.610. The third-order valence-electron chi connectivity index (χ3n) is 8.69. The standard InChI is InChI=1S/C19H30O4/c1-17-10-23-16(21)8-11(17)4-5-12-13(17)6-7-18(2)14(12)9-15(20)19(18,3)22/h11-15,20,22H,4-10H2,1-3H3/t11-,12+,13-,14-,15-,17-,18-,19-/m0/s1. The molecule has 0 radical (unpaired) electrons. The number of cyclic esters (lactones) is 1. The highest BCUT2D eigenvalue weighted by Gasteiger charge is 2.66. The number of ether oxygens (including phenoxy) is 1. The summed E-state index contributed by atoms with van der Waals surface area (Å²) in [6, 6.07) is 0. The molecule has 0 aromatic carbocycles. The van der Waals surface area contributed by atoms with Crippen molar-refractivity contribution in [2.75, 3.05) is 6.61 Å². The fraction of sp³-hybridized carbons (Fsp3) is 0.947. The second kappa shape index (κ2) is 4.72. The van der Waals surface area contributed by atoms with E-state index in [1.165, 1.54) is 0 Å². The van der Waals surface area contributed by atoms with Gasteiger partial charge in [0, 0.05) is 17.3 Å². The molecule has 3 aliphatic carbocycles. The Kier molecular flexibility index (Phi) is 3.26. The number of aliphatic hydroxyl groups is 2. The summed E-state index contributed by atoms with van der Waals surface area (Å²) in [6.45, 7) is 6.88. The summed E-state index contributed by atoms with van der Waals surface area (Å²) in [5.74, 6) is 1.87. The third-order valence-corrected chi connectivity index (χ3v) is 8.69. The van der Waals surface area contributed by atoms with Crippen LogP contribution in [0.1, 0.15) is 59.3 Å². The minimum absolute atomic E-state index is 0.0363. The molecule has 23 heavy (non-hydrogen) atoms. The van der Waals surface area contributed by atoms with Crippen molar-refractivity contribution < 1.29 is 19.7 Å². The Labute approximate surface area is 138 Å². The van der Waals surface area contributed by atoms with E-state index in [4.69, 9.17) is 4.74 Å². The van der Waals surface area contributed by atoms with Crippen molar-refractivity contribution in [2.24, 2.45) is 34.5 Å². The van der Waals surface area contributed by atoms with Crippen LogP contribution in [0.5, 0.6) is 0 Å². The minimum Gasteiger partial charge on any atom is -0.465 e. The zero-order valence-corrected chi connectivity index (χ0v) is 14.5. The maximum Gasteiger partial charge on any atom is 0.306 e. The van der Waals surface area contributed by atoms with Gasteiger partial charge in [-0.1, -0.05) is 13.8 Å². The van der Waals surface area contributed by atoms with Gasteiger partial charge in [-0.05, 0) is 62.7 Å². The lowest BCUT2D eigenvalue weighted by atomic mass is 9.46. The summed E-state index contributed by atoms with van der Waals surface area (Å²) in [6.07, 6.45) is 4.90. The first-order chi connectivity index (χ1) is 10.7. The van der Waals surface area contributed by atoms with Crippen molar-refractivity contribution >= 4 is 5.97 Å². The highest BCUT2D eigenvalue weighted by molar-refractivity contribution is 5.70. The van der Waals surface area contributed by atoms with Gasteiger partial charge in [0.25, 0.3) is 0 Å². The van der Waals surface area contributed by atoms with Crippen LogP contribution in [0.15, 0.2) is 0 Å². The van der Waals surface area contributed by atoms with Gasteiger partial charge in [-0.15, -0.1) is 0 Å². The van der Waals surface area contributed by atoms with Crippen LogP contribution in [0.3, 0.4) is 0 Å². The minimum atomic E-state index is -0.987. The van der Waals surface area contributed by atoms with E-state index in [1.54, 1.807) is 0 Å². The Morgan fingerprint density at radius 2 is 1.87 bits per heavy atom. The zero-order valence-electron chi connectivity index (χ0n) is 14.5. The third kappa shape index (κ3) is 1.88. The first-order valence-electron chi connectivity index (χ1n) is 9.26. The summed E-state index contributed by atoms with van der Waals surface area (Å²) >= 11 is 0. The molecule has 8 atom stereocenters. The van der Waals surface area contributed by atoms with E-state index < -0.39 is 11.7 Å². The van der Waals surface area contributed by atoms with Gasteiger partial charge < -0.3 is 14.9 Å². The predicted octanol–water partition coefficient (Wildman–Crippen LogP) is 2.51. The molecule has 1 heterocycles. The van der Waals surface area contributed by atoms with Crippen molar-refractivity contribution in [3.63, 3.8) is 0 Å². The van der Waals surface area contributed by atoms with E-state index in [0.717, 1.165) is 25.7 Å². The van der Waals surface area contributed by atoms with Crippen LogP contribution in [0, 0.1) is 34.5 Å². The number of hydrogen-bond donors (Lipinski definition) is 2. The molecule has 0 bridgehead atoms. The number of carbonyl (C=O) groups is 1. The average Bonchev–Trinajstić information content (AvgIpc) is 2.67. The Bertz CT molecular complexity index is 529. The second-order valence-electron chi connectivity index (χ2n) is 9.38. The summed E-state index contributed by atoms with van der Waals surface area (Å²) in [4.78, 5) is 11.7.